The molecule has 0 bridgehead atoms. The number of halogens is 1. The van der Waals surface area contributed by atoms with E-state index in [0.29, 0.717) is 12.4 Å². The van der Waals surface area contributed by atoms with E-state index in [9.17, 15) is 9.18 Å². The molecule has 1 aromatic heterocycles. The van der Waals surface area contributed by atoms with E-state index in [-0.39, 0.29) is 17.6 Å². The second kappa shape index (κ2) is 8.39. The summed E-state index contributed by atoms with van der Waals surface area (Å²) in [6.07, 6.45) is 3.48. The van der Waals surface area contributed by atoms with E-state index in [0.717, 1.165) is 42.0 Å². The number of hydrogen-bond donors (Lipinski definition) is 1. The summed E-state index contributed by atoms with van der Waals surface area (Å²) in [4.78, 5) is 23.9. The Kier molecular flexibility index (Phi) is 5.51. The standard InChI is InChI=1S/C23H23FN4O/c1-16-5-2-3-7-20(16)26-23(29)18-6-4-14-28(15-18)21-12-13-25-22(27-21)17-8-10-19(24)11-9-17/h2-3,5,7-13,18H,4,6,14-15H2,1H3,(H,26,29)/t18-/m1/s1. The predicted molar refractivity (Wildman–Crippen MR) is 112 cm³/mol. The van der Waals surface area contributed by atoms with E-state index in [2.05, 4.69) is 20.2 Å². The van der Waals surface area contributed by atoms with Gasteiger partial charge in [-0.25, -0.2) is 14.4 Å². The van der Waals surface area contributed by atoms with E-state index in [1.807, 2.05) is 37.3 Å². The summed E-state index contributed by atoms with van der Waals surface area (Å²) in [5, 5.41) is 3.06. The highest BCUT2D eigenvalue weighted by Gasteiger charge is 2.27. The summed E-state index contributed by atoms with van der Waals surface area (Å²) in [6, 6.07) is 15.8. The molecule has 1 amide bonds. The Labute approximate surface area is 169 Å². The lowest BCUT2D eigenvalue weighted by Gasteiger charge is -2.33. The molecule has 1 fully saturated rings. The highest BCUT2D eigenvalue weighted by molar-refractivity contribution is 5.93. The second-order valence-corrected chi connectivity index (χ2v) is 7.33. The van der Waals surface area contributed by atoms with Gasteiger partial charge in [-0.15, -0.1) is 0 Å². The molecule has 4 rings (SSSR count). The smallest absolute Gasteiger partial charge is 0.229 e. The Balaban J connectivity index is 1.48. The lowest BCUT2D eigenvalue weighted by molar-refractivity contribution is -0.120. The van der Waals surface area contributed by atoms with Crippen LogP contribution in [0.5, 0.6) is 0 Å². The van der Waals surface area contributed by atoms with Crippen LogP contribution in [0, 0.1) is 18.7 Å². The van der Waals surface area contributed by atoms with Crippen LogP contribution in [0.1, 0.15) is 18.4 Å². The minimum Gasteiger partial charge on any atom is -0.356 e. The second-order valence-electron chi connectivity index (χ2n) is 7.33. The van der Waals surface area contributed by atoms with E-state index in [4.69, 9.17) is 0 Å². The van der Waals surface area contributed by atoms with Gasteiger partial charge in [0.05, 0.1) is 5.92 Å². The van der Waals surface area contributed by atoms with Crippen molar-refractivity contribution in [3.8, 4) is 11.4 Å². The van der Waals surface area contributed by atoms with Crippen LogP contribution in [0.4, 0.5) is 15.9 Å². The molecule has 5 nitrogen and oxygen atoms in total. The van der Waals surface area contributed by atoms with Crippen LogP contribution in [0.3, 0.4) is 0 Å². The van der Waals surface area contributed by atoms with E-state index < -0.39 is 0 Å². The van der Waals surface area contributed by atoms with Gasteiger partial charge in [0.2, 0.25) is 5.91 Å². The number of nitrogens with one attached hydrogen (secondary N) is 1. The summed E-state index contributed by atoms with van der Waals surface area (Å²) in [7, 11) is 0. The fourth-order valence-electron chi connectivity index (χ4n) is 3.61. The van der Waals surface area contributed by atoms with Crippen molar-refractivity contribution >= 4 is 17.4 Å². The van der Waals surface area contributed by atoms with Gasteiger partial charge in [-0.2, -0.15) is 0 Å². The molecular formula is C23H23FN4O. The third-order valence-electron chi connectivity index (χ3n) is 5.26. The van der Waals surface area contributed by atoms with Gasteiger partial charge >= 0.3 is 0 Å². The molecule has 0 radical (unpaired) electrons. The van der Waals surface area contributed by atoms with Gasteiger partial charge in [0, 0.05) is 30.5 Å². The van der Waals surface area contributed by atoms with Gasteiger partial charge in [0.25, 0.3) is 0 Å². The molecule has 3 aromatic rings. The Bertz CT molecular complexity index is 1010. The maximum atomic E-state index is 13.2. The number of aryl methyl sites for hydroxylation is 1. The average Bonchev–Trinajstić information content (AvgIpc) is 2.76. The Morgan fingerprint density at radius 1 is 1.14 bits per heavy atom. The first kappa shape index (κ1) is 19.1. The number of amides is 1. The van der Waals surface area contributed by atoms with Gasteiger partial charge in [0.1, 0.15) is 11.6 Å². The Hall–Kier alpha value is -3.28. The molecule has 1 N–H and O–H groups in total. The largest absolute Gasteiger partial charge is 0.356 e. The third kappa shape index (κ3) is 4.42. The molecule has 0 unspecified atom stereocenters. The first-order valence-electron chi connectivity index (χ1n) is 9.80. The minimum absolute atomic E-state index is 0.0387. The maximum Gasteiger partial charge on any atom is 0.229 e. The fourth-order valence-corrected chi connectivity index (χ4v) is 3.61. The zero-order chi connectivity index (χ0) is 20.2. The van der Waals surface area contributed by atoms with Crippen LogP contribution >= 0.6 is 0 Å². The molecular weight excluding hydrogens is 367 g/mol. The van der Waals surface area contributed by atoms with Crippen molar-refractivity contribution in [1.82, 2.24) is 9.97 Å². The summed E-state index contributed by atoms with van der Waals surface area (Å²) in [5.74, 6) is 0.981. The van der Waals surface area contributed by atoms with E-state index in [1.165, 1.54) is 12.1 Å². The van der Waals surface area contributed by atoms with Crippen LogP contribution in [0.15, 0.2) is 60.8 Å². The van der Waals surface area contributed by atoms with Crippen molar-refractivity contribution in [2.75, 3.05) is 23.3 Å². The molecule has 0 aliphatic carbocycles. The van der Waals surface area contributed by atoms with Gasteiger partial charge < -0.3 is 10.2 Å². The average molecular weight is 390 g/mol. The molecule has 1 atom stereocenters. The number of aromatic nitrogens is 2. The van der Waals surface area contributed by atoms with Gasteiger partial charge in [0.15, 0.2) is 5.82 Å². The number of piperidine rings is 1. The van der Waals surface area contributed by atoms with Crippen molar-refractivity contribution in [2.24, 2.45) is 5.92 Å². The molecule has 148 valence electrons. The molecule has 1 aliphatic rings. The van der Waals surface area contributed by atoms with Crippen molar-refractivity contribution in [3.05, 3.63) is 72.2 Å². The number of carbonyl (C=O) groups is 1. The number of hydrogen-bond acceptors (Lipinski definition) is 4. The van der Waals surface area contributed by atoms with Crippen LogP contribution in [0.2, 0.25) is 0 Å². The van der Waals surface area contributed by atoms with Crippen molar-refractivity contribution < 1.29 is 9.18 Å². The number of carbonyl (C=O) groups excluding carboxylic acids is 1. The van der Waals surface area contributed by atoms with Crippen LogP contribution in [0.25, 0.3) is 11.4 Å². The number of rotatable bonds is 4. The van der Waals surface area contributed by atoms with Gasteiger partial charge in [-0.3, -0.25) is 4.79 Å². The zero-order valence-electron chi connectivity index (χ0n) is 16.3. The molecule has 1 saturated heterocycles. The quantitative estimate of drug-likeness (QED) is 0.715. The predicted octanol–water partition coefficient (Wildman–Crippen LogP) is 4.45. The van der Waals surface area contributed by atoms with Crippen molar-refractivity contribution in [2.45, 2.75) is 19.8 Å². The molecule has 2 heterocycles. The molecule has 0 saturated carbocycles. The SMILES string of the molecule is Cc1ccccc1NC(=O)[C@@H]1CCCN(c2ccnc(-c3ccc(F)cc3)n2)C1. The fraction of sp³-hybridized carbons (Fsp3) is 0.261. The molecule has 1 aliphatic heterocycles. The normalized spacial score (nSPS) is 16.5. The number of para-hydroxylation sites is 1. The summed E-state index contributed by atoms with van der Waals surface area (Å²) in [5.41, 5.74) is 2.67. The Morgan fingerprint density at radius 3 is 2.72 bits per heavy atom. The van der Waals surface area contributed by atoms with Gasteiger partial charge in [-0.1, -0.05) is 18.2 Å². The summed E-state index contributed by atoms with van der Waals surface area (Å²) >= 11 is 0. The third-order valence-corrected chi connectivity index (χ3v) is 5.26. The summed E-state index contributed by atoms with van der Waals surface area (Å²) < 4.78 is 13.2. The van der Waals surface area contributed by atoms with Crippen LogP contribution in [-0.4, -0.2) is 29.0 Å². The highest BCUT2D eigenvalue weighted by atomic mass is 19.1. The monoisotopic (exact) mass is 390 g/mol. The Morgan fingerprint density at radius 2 is 1.93 bits per heavy atom. The lowest BCUT2D eigenvalue weighted by atomic mass is 9.97. The zero-order valence-corrected chi connectivity index (χ0v) is 16.3. The van der Waals surface area contributed by atoms with Gasteiger partial charge in [-0.05, 0) is 61.7 Å². The van der Waals surface area contributed by atoms with Crippen molar-refractivity contribution in [1.29, 1.82) is 0 Å². The maximum absolute atomic E-state index is 13.2. The molecule has 0 spiro atoms. The molecule has 29 heavy (non-hydrogen) atoms. The number of benzene rings is 2. The van der Waals surface area contributed by atoms with E-state index in [1.54, 1.807) is 18.3 Å². The lowest BCUT2D eigenvalue weighted by Crippen LogP contribution is -2.41. The summed E-state index contributed by atoms with van der Waals surface area (Å²) in [6.45, 7) is 3.44. The topological polar surface area (TPSA) is 58.1 Å². The first-order valence-corrected chi connectivity index (χ1v) is 9.80. The van der Waals surface area contributed by atoms with Crippen LogP contribution < -0.4 is 10.2 Å². The minimum atomic E-state index is -0.288. The highest BCUT2D eigenvalue weighted by Crippen LogP contribution is 2.25. The molecule has 6 heteroatoms. The number of anilines is 2. The molecule has 2 aromatic carbocycles. The van der Waals surface area contributed by atoms with Crippen LogP contribution in [-0.2, 0) is 4.79 Å². The van der Waals surface area contributed by atoms with E-state index >= 15 is 0 Å². The number of nitrogens with zero attached hydrogens (tertiary/aromatic N) is 3. The first-order chi connectivity index (χ1) is 14.1. The van der Waals surface area contributed by atoms with Crippen molar-refractivity contribution in [3.63, 3.8) is 0 Å².